The Labute approximate surface area is 302 Å². The van der Waals surface area contributed by atoms with Gasteiger partial charge in [0, 0.05) is 46.5 Å². The Kier molecular flexibility index (Phi) is 11.0. The molecule has 0 saturated heterocycles. The van der Waals surface area contributed by atoms with Crippen molar-refractivity contribution in [2.45, 2.75) is 0 Å². The maximum atomic E-state index is 4.64. The number of anilines is 6. The third-order valence-corrected chi connectivity index (χ3v) is 7.78. The standard InChI is InChI=1S/C44H32N4.Pd/c1-5-17-39(18-6-1)47(40-19-7-2-8-20-40)43-29-31-45-37(33-43)27-25-35-15-13-14-16-36(35)26-28-38-34-44(30-32-46-38)48(41-21-9-3-10-22-41)42-23-11-4-12-24-42;/h1-24,27-34H;/q-2;+2. The van der Waals surface area contributed by atoms with Crippen LogP contribution in [0.25, 0.3) is 12.2 Å². The molecule has 0 radical (unpaired) electrons. The molecule has 0 spiro atoms. The Morgan fingerprint density at radius 2 is 0.673 bits per heavy atom. The number of aromatic nitrogens is 2. The van der Waals surface area contributed by atoms with E-state index in [0.717, 1.165) is 56.6 Å². The van der Waals surface area contributed by atoms with Crippen molar-refractivity contribution in [3.63, 3.8) is 0 Å². The minimum absolute atomic E-state index is 0. The fourth-order valence-electron chi connectivity index (χ4n) is 5.55. The minimum atomic E-state index is 0. The summed E-state index contributed by atoms with van der Waals surface area (Å²) in [6.07, 6.45) is 14.5. The maximum absolute atomic E-state index is 4.64. The van der Waals surface area contributed by atoms with Crippen LogP contribution in [0.1, 0.15) is 22.5 Å². The minimum Gasteiger partial charge on any atom is -0.311 e. The van der Waals surface area contributed by atoms with Crippen molar-refractivity contribution in [3.8, 4) is 0 Å². The van der Waals surface area contributed by atoms with E-state index >= 15 is 0 Å². The monoisotopic (exact) mass is 722 g/mol. The Hall–Kier alpha value is -5.86. The van der Waals surface area contributed by atoms with Crippen LogP contribution < -0.4 is 9.80 Å². The summed E-state index contributed by atoms with van der Waals surface area (Å²) in [5, 5.41) is 0. The molecule has 7 rings (SSSR count). The molecule has 238 valence electrons. The molecule has 0 atom stereocenters. The van der Waals surface area contributed by atoms with Crippen molar-refractivity contribution in [2.24, 2.45) is 0 Å². The van der Waals surface area contributed by atoms with Gasteiger partial charge in [-0.25, -0.2) is 11.1 Å². The van der Waals surface area contributed by atoms with Crippen LogP contribution in [0.2, 0.25) is 0 Å². The second-order valence-electron chi connectivity index (χ2n) is 11.0. The summed E-state index contributed by atoms with van der Waals surface area (Å²) in [4.78, 5) is 13.7. The summed E-state index contributed by atoms with van der Waals surface area (Å²) in [7, 11) is 0. The molecular weight excluding hydrogens is 691 g/mol. The Bertz CT molecular complexity index is 1900. The summed E-state index contributed by atoms with van der Waals surface area (Å²) in [5.41, 5.74) is 9.77. The summed E-state index contributed by atoms with van der Waals surface area (Å²) < 4.78 is 0. The van der Waals surface area contributed by atoms with E-state index in [9.17, 15) is 0 Å². The van der Waals surface area contributed by atoms with E-state index in [1.165, 1.54) is 0 Å². The maximum Gasteiger partial charge on any atom is 2.00 e. The largest absolute Gasteiger partial charge is 2.00 e. The fraction of sp³-hybridized carbons (Fsp3) is 0. The zero-order valence-corrected chi connectivity index (χ0v) is 28.1. The van der Waals surface area contributed by atoms with E-state index in [-0.39, 0.29) is 20.4 Å². The van der Waals surface area contributed by atoms with Gasteiger partial charge in [-0.15, -0.1) is 24.3 Å². The molecule has 5 heteroatoms. The first-order valence-electron chi connectivity index (χ1n) is 15.8. The van der Waals surface area contributed by atoms with Gasteiger partial charge in [0.15, 0.2) is 0 Å². The molecule has 2 aromatic heterocycles. The molecule has 0 bridgehead atoms. The first-order valence-corrected chi connectivity index (χ1v) is 15.8. The molecule has 0 N–H and O–H groups in total. The van der Waals surface area contributed by atoms with Gasteiger partial charge in [0.2, 0.25) is 0 Å². The number of benzene rings is 5. The number of pyridine rings is 2. The normalized spacial score (nSPS) is 10.9. The van der Waals surface area contributed by atoms with Crippen LogP contribution in [0.5, 0.6) is 0 Å². The van der Waals surface area contributed by atoms with E-state index in [1.54, 1.807) is 0 Å². The molecule has 4 nitrogen and oxygen atoms in total. The average Bonchev–Trinajstić information content (AvgIpc) is 3.16. The summed E-state index contributed by atoms with van der Waals surface area (Å²) >= 11 is 0. The molecule has 0 amide bonds. The van der Waals surface area contributed by atoms with Crippen LogP contribution in [0.4, 0.5) is 34.1 Å². The summed E-state index contributed by atoms with van der Waals surface area (Å²) in [6, 6.07) is 57.7. The van der Waals surface area contributed by atoms with Crippen LogP contribution in [-0.2, 0) is 20.4 Å². The van der Waals surface area contributed by atoms with E-state index < -0.39 is 0 Å². The van der Waals surface area contributed by atoms with Crippen molar-refractivity contribution in [3.05, 3.63) is 217 Å². The Morgan fingerprint density at radius 3 is 1.00 bits per heavy atom. The molecule has 7 aromatic rings. The molecule has 0 aliphatic carbocycles. The van der Waals surface area contributed by atoms with Gasteiger partial charge in [-0.05, 0) is 72.1 Å². The molecule has 0 aliphatic rings. The van der Waals surface area contributed by atoms with Gasteiger partial charge in [-0.1, -0.05) is 84.9 Å². The molecule has 0 saturated carbocycles. The van der Waals surface area contributed by atoms with Crippen molar-refractivity contribution in [2.75, 3.05) is 9.80 Å². The topological polar surface area (TPSA) is 32.3 Å². The van der Waals surface area contributed by atoms with Gasteiger partial charge >= 0.3 is 20.4 Å². The average molecular weight is 723 g/mol. The van der Waals surface area contributed by atoms with Crippen molar-refractivity contribution in [1.29, 1.82) is 0 Å². The zero-order valence-electron chi connectivity index (χ0n) is 26.6. The first-order chi connectivity index (χ1) is 23.8. The number of hydrogen-bond acceptors (Lipinski definition) is 4. The third-order valence-electron chi connectivity index (χ3n) is 7.78. The number of para-hydroxylation sites is 4. The molecule has 0 fully saturated rings. The first kappa shape index (κ1) is 33.1. The van der Waals surface area contributed by atoms with Crippen molar-refractivity contribution >= 4 is 46.3 Å². The SMILES string of the molecule is [C-](=Cc1cc(N(c2ccccc2)c2ccccc2)ccn1)c1ccccc1[C-]=Cc1cc(N(c2ccccc2)c2ccccc2)ccn1.[Pd+2]. The van der Waals surface area contributed by atoms with E-state index in [1.807, 2.05) is 85.2 Å². The van der Waals surface area contributed by atoms with Crippen LogP contribution >= 0.6 is 0 Å². The number of hydrogen-bond donors (Lipinski definition) is 0. The third kappa shape index (κ3) is 8.17. The van der Waals surface area contributed by atoms with Crippen LogP contribution in [0, 0.1) is 12.2 Å². The van der Waals surface area contributed by atoms with E-state index in [2.05, 4.69) is 141 Å². The summed E-state index contributed by atoms with van der Waals surface area (Å²) in [6.45, 7) is 0. The second kappa shape index (κ2) is 16.3. The van der Waals surface area contributed by atoms with Crippen molar-refractivity contribution in [1.82, 2.24) is 9.97 Å². The van der Waals surface area contributed by atoms with Gasteiger partial charge < -0.3 is 19.8 Å². The molecule has 0 unspecified atom stereocenters. The smallest absolute Gasteiger partial charge is 0.311 e. The zero-order chi connectivity index (χ0) is 32.4. The Balaban J connectivity index is 0.00000417. The predicted molar refractivity (Wildman–Crippen MR) is 198 cm³/mol. The fourth-order valence-corrected chi connectivity index (χ4v) is 5.55. The van der Waals surface area contributed by atoms with Gasteiger partial charge in [-0.3, -0.25) is 0 Å². The molecule has 49 heavy (non-hydrogen) atoms. The van der Waals surface area contributed by atoms with Crippen LogP contribution in [-0.4, -0.2) is 9.97 Å². The van der Waals surface area contributed by atoms with Crippen LogP contribution in [0.3, 0.4) is 0 Å². The van der Waals surface area contributed by atoms with Gasteiger partial charge in [0.05, 0.1) is 0 Å². The van der Waals surface area contributed by atoms with Gasteiger partial charge in [-0.2, -0.15) is 24.3 Å². The van der Waals surface area contributed by atoms with Crippen molar-refractivity contribution < 1.29 is 20.4 Å². The molecule has 5 aromatic carbocycles. The quantitative estimate of drug-likeness (QED) is 0.104. The van der Waals surface area contributed by atoms with E-state index in [0.29, 0.717) is 0 Å². The molecule has 0 aliphatic heterocycles. The predicted octanol–water partition coefficient (Wildman–Crippen LogP) is 11.1. The number of rotatable bonds is 10. The second-order valence-corrected chi connectivity index (χ2v) is 11.0. The number of nitrogens with zero attached hydrogens (tertiary/aromatic N) is 4. The van der Waals surface area contributed by atoms with Gasteiger partial charge in [0.1, 0.15) is 0 Å². The van der Waals surface area contributed by atoms with Crippen LogP contribution in [0.15, 0.2) is 182 Å². The molecular formula is C44H32N4Pd. The molecule has 2 heterocycles. The van der Waals surface area contributed by atoms with Gasteiger partial charge in [0.25, 0.3) is 0 Å². The Morgan fingerprint density at radius 1 is 0.367 bits per heavy atom. The van der Waals surface area contributed by atoms with E-state index in [4.69, 9.17) is 0 Å². The summed E-state index contributed by atoms with van der Waals surface area (Å²) in [5.74, 6) is 0.